The van der Waals surface area contributed by atoms with Gasteiger partial charge in [0.05, 0.1) is 0 Å². The Hall–Kier alpha value is -1.01. The van der Waals surface area contributed by atoms with Crippen LogP contribution in [0.15, 0.2) is 0 Å². The van der Waals surface area contributed by atoms with E-state index in [9.17, 15) is 4.79 Å². The summed E-state index contributed by atoms with van der Waals surface area (Å²) in [7, 11) is 0. The highest BCUT2D eigenvalue weighted by Gasteiger charge is 2.14. The Morgan fingerprint density at radius 2 is 2.20 bits per heavy atom. The summed E-state index contributed by atoms with van der Waals surface area (Å²) in [4.78, 5) is 11.4. The smallest absolute Gasteiger partial charge is 0.226 e. The number of carbonyl (C=O) groups excluding carboxylic acids is 1. The van der Waals surface area contributed by atoms with Crippen molar-refractivity contribution in [2.45, 2.75) is 39.2 Å². The largest absolute Gasteiger partial charge is 0.326 e. The van der Waals surface area contributed by atoms with Crippen molar-refractivity contribution in [1.82, 2.24) is 10.2 Å². The summed E-state index contributed by atoms with van der Waals surface area (Å²) in [5.41, 5.74) is 5.46. The van der Waals surface area contributed by atoms with Crippen molar-refractivity contribution >= 4 is 22.4 Å². The van der Waals surface area contributed by atoms with Crippen LogP contribution in [0.2, 0.25) is 0 Å². The number of rotatable bonds is 4. The first kappa shape index (κ1) is 12.1. The molecule has 1 aromatic heterocycles. The number of hydrogen-bond donors (Lipinski definition) is 2. The normalized spacial score (nSPS) is 11.5. The number of nitrogens with one attached hydrogen (secondary N) is 1. The van der Waals surface area contributed by atoms with Gasteiger partial charge in [-0.2, -0.15) is 0 Å². The maximum absolute atomic E-state index is 11.4. The van der Waals surface area contributed by atoms with Crippen LogP contribution in [0.4, 0.5) is 5.13 Å². The third-order valence-corrected chi connectivity index (χ3v) is 2.52. The quantitative estimate of drug-likeness (QED) is 0.814. The van der Waals surface area contributed by atoms with Crippen LogP contribution in [-0.4, -0.2) is 21.6 Å². The summed E-state index contributed by atoms with van der Waals surface area (Å²) in [6, 6.07) is 0. The minimum Gasteiger partial charge on any atom is -0.326 e. The van der Waals surface area contributed by atoms with E-state index in [4.69, 9.17) is 5.73 Å². The van der Waals surface area contributed by atoms with E-state index in [2.05, 4.69) is 15.5 Å². The van der Waals surface area contributed by atoms with Gasteiger partial charge in [0.1, 0.15) is 5.01 Å². The van der Waals surface area contributed by atoms with Gasteiger partial charge in [0, 0.05) is 12.0 Å². The zero-order valence-electron chi connectivity index (χ0n) is 9.20. The highest BCUT2D eigenvalue weighted by atomic mass is 32.1. The molecule has 3 N–H and O–H groups in total. The van der Waals surface area contributed by atoms with Crippen molar-refractivity contribution in [2.24, 2.45) is 5.73 Å². The van der Waals surface area contributed by atoms with Crippen LogP contribution in [0.1, 0.15) is 31.7 Å². The Morgan fingerprint density at radius 1 is 1.53 bits per heavy atom. The fraction of sp³-hybridized carbons (Fsp3) is 0.667. The summed E-state index contributed by atoms with van der Waals surface area (Å²) in [5.74, 6) is -0.0651. The Morgan fingerprint density at radius 3 is 2.67 bits per heavy atom. The highest BCUT2D eigenvalue weighted by molar-refractivity contribution is 7.15. The van der Waals surface area contributed by atoms with E-state index >= 15 is 0 Å². The minimum atomic E-state index is -0.311. The molecule has 5 nitrogen and oxygen atoms in total. The van der Waals surface area contributed by atoms with Gasteiger partial charge in [-0.3, -0.25) is 4.79 Å². The van der Waals surface area contributed by atoms with Crippen molar-refractivity contribution in [2.75, 3.05) is 5.32 Å². The third-order valence-electron chi connectivity index (χ3n) is 1.77. The topological polar surface area (TPSA) is 80.9 Å². The van der Waals surface area contributed by atoms with E-state index < -0.39 is 0 Å². The first-order chi connectivity index (χ1) is 6.87. The molecular weight excluding hydrogens is 212 g/mol. The molecular formula is C9H16N4OS. The second-order valence-corrected chi connectivity index (χ2v) is 5.34. The standard InChI is InChI=1S/C9H16N4OS/c1-6-12-13-8(15-6)11-7(14)4-5-9(2,3)10/h4-5,10H2,1-3H3,(H,11,13,14). The number of amides is 1. The van der Waals surface area contributed by atoms with Gasteiger partial charge >= 0.3 is 0 Å². The van der Waals surface area contributed by atoms with E-state index in [1.54, 1.807) is 0 Å². The molecule has 84 valence electrons. The molecule has 0 spiro atoms. The molecule has 0 atom stereocenters. The van der Waals surface area contributed by atoms with Crippen LogP contribution in [0, 0.1) is 6.92 Å². The molecule has 0 radical (unpaired) electrons. The summed E-state index contributed by atoms with van der Waals surface area (Å²) < 4.78 is 0. The predicted molar refractivity (Wildman–Crippen MR) is 60.8 cm³/mol. The molecule has 1 amide bonds. The first-order valence-electron chi connectivity index (χ1n) is 4.76. The number of carbonyl (C=O) groups is 1. The SMILES string of the molecule is Cc1nnc(NC(=O)CCC(C)(C)N)s1. The second-order valence-electron chi connectivity index (χ2n) is 4.16. The van der Waals surface area contributed by atoms with Crippen LogP contribution in [0.3, 0.4) is 0 Å². The van der Waals surface area contributed by atoms with Crippen LogP contribution in [-0.2, 0) is 4.79 Å². The lowest BCUT2D eigenvalue weighted by Gasteiger charge is -2.17. The van der Waals surface area contributed by atoms with E-state index in [-0.39, 0.29) is 11.4 Å². The van der Waals surface area contributed by atoms with Gasteiger partial charge in [-0.05, 0) is 27.2 Å². The summed E-state index contributed by atoms with van der Waals surface area (Å²) in [6.45, 7) is 5.64. The molecule has 0 saturated carbocycles. The van der Waals surface area contributed by atoms with Gasteiger partial charge in [0.15, 0.2) is 0 Å². The van der Waals surface area contributed by atoms with Gasteiger partial charge in [0.25, 0.3) is 0 Å². The Labute approximate surface area is 93.1 Å². The molecule has 0 aliphatic heterocycles. The second kappa shape index (κ2) is 4.67. The van der Waals surface area contributed by atoms with Crippen LogP contribution < -0.4 is 11.1 Å². The number of nitrogens with two attached hydrogens (primary N) is 1. The molecule has 0 bridgehead atoms. The number of nitrogens with zero attached hydrogens (tertiary/aromatic N) is 2. The number of anilines is 1. The van der Waals surface area contributed by atoms with Gasteiger partial charge in [-0.25, -0.2) is 0 Å². The third kappa shape index (κ3) is 4.85. The van der Waals surface area contributed by atoms with Gasteiger partial charge in [-0.1, -0.05) is 11.3 Å². The van der Waals surface area contributed by atoms with Crippen molar-refractivity contribution < 1.29 is 4.79 Å². The van der Waals surface area contributed by atoms with Crippen molar-refractivity contribution in [3.05, 3.63) is 5.01 Å². The average molecular weight is 228 g/mol. The van der Waals surface area contributed by atoms with Crippen LogP contribution >= 0.6 is 11.3 Å². The fourth-order valence-corrected chi connectivity index (χ4v) is 1.57. The highest BCUT2D eigenvalue weighted by Crippen LogP contribution is 2.15. The summed E-state index contributed by atoms with van der Waals surface area (Å²) in [5, 5.41) is 11.7. The zero-order valence-corrected chi connectivity index (χ0v) is 10.0. The summed E-state index contributed by atoms with van der Waals surface area (Å²) in [6.07, 6.45) is 1.05. The van der Waals surface area contributed by atoms with Gasteiger partial charge < -0.3 is 11.1 Å². The van der Waals surface area contributed by atoms with Gasteiger partial charge in [-0.15, -0.1) is 10.2 Å². The maximum atomic E-state index is 11.4. The summed E-state index contributed by atoms with van der Waals surface area (Å²) >= 11 is 1.36. The molecule has 0 aliphatic rings. The molecule has 0 unspecified atom stereocenters. The Kier molecular flexibility index (Phi) is 3.76. The van der Waals surface area contributed by atoms with E-state index in [0.717, 1.165) is 5.01 Å². The van der Waals surface area contributed by atoms with Crippen molar-refractivity contribution in [3.63, 3.8) is 0 Å². The average Bonchev–Trinajstić information content (AvgIpc) is 2.47. The molecule has 1 aromatic rings. The van der Waals surface area contributed by atoms with E-state index in [1.807, 2.05) is 20.8 Å². The molecule has 15 heavy (non-hydrogen) atoms. The monoisotopic (exact) mass is 228 g/mol. The van der Waals surface area contributed by atoms with Crippen molar-refractivity contribution in [1.29, 1.82) is 0 Å². The molecule has 1 heterocycles. The zero-order chi connectivity index (χ0) is 11.5. The number of aryl methyl sites for hydroxylation is 1. The molecule has 1 rings (SSSR count). The maximum Gasteiger partial charge on any atom is 0.226 e. The Balaban J connectivity index is 2.37. The van der Waals surface area contributed by atoms with E-state index in [0.29, 0.717) is 18.0 Å². The Bertz CT molecular complexity index is 342. The van der Waals surface area contributed by atoms with Gasteiger partial charge in [0.2, 0.25) is 11.0 Å². The van der Waals surface area contributed by atoms with Crippen molar-refractivity contribution in [3.8, 4) is 0 Å². The molecule has 0 fully saturated rings. The molecule has 0 aromatic carbocycles. The fourth-order valence-electron chi connectivity index (χ4n) is 0.965. The van der Waals surface area contributed by atoms with Crippen LogP contribution in [0.5, 0.6) is 0 Å². The first-order valence-corrected chi connectivity index (χ1v) is 5.57. The molecule has 0 aliphatic carbocycles. The number of hydrogen-bond acceptors (Lipinski definition) is 5. The number of aromatic nitrogens is 2. The van der Waals surface area contributed by atoms with E-state index in [1.165, 1.54) is 11.3 Å². The van der Waals surface area contributed by atoms with Crippen LogP contribution in [0.25, 0.3) is 0 Å². The molecule has 6 heteroatoms. The minimum absolute atomic E-state index is 0.0651. The lowest BCUT2D eigenvalue weighted by Crippen LogP contribution is -2.33. The molecule has 0 saturated heterocycles. The lowest BCUT2D eigenvalue weighted by atomic mass is 10.00. The lowest BCUT2D eigenvalue weighted by molar-refractivity contribution is -0.116. The predicted octanol–water partition coefficient (Wildman–Crippen LogP) is 1.30.